The van der Waals surface area contributed by atoms with Crippen LogP contribution in [0.15, 0.2) is 42.5 Å². The number of esters is 1. The highest BCUT2D eigenvalue weighted by Gasteiger charge is 2.34. The number of aryl methyl sites for hydroxylation is 2. The molecule has 5 heteroatoms. The fourth-order valence-electron chi connectivity index (χ4n) is 4.36. The van der Waals surface area contributed by atoms with Crippen molar-refractivity contribution in [2.24, 2.45) is 0 Å². The molecule has 4 rings (SSSR count). The summed E-state index contributed by atoms with van der Waals surface area (Å²) in [5.74, 6) is 0.221. The second-order valence-corrected chi connectivity index (χ2v) is 7.46. The lowest BCUT2D eigenvalue weighted by Crippen LogP contribution is -2.16. The molecule has 2 heterocycles. The number of aromatic nitrogens is 1. The minimum Gasteiger partial charge on any atom is -0.497 e. The van der Waals surface area contributed by atoms with Crippen LogP contribution in [0.3, 0.4) is 0 Å². The van der Waals surface area contributed by atoms with Crippen molar-refractivity contribution in [3.8, 4) is 28.1 Å². The number of ketones is 1. The van der Waals surface area contributed by atoms with Crippen molar-refractivity contribution in [3.63, 3.8) is 0 Å². The first-order chi connectivity index (χ1) is 14.5. The zero-order chi connectivity index (χ0) is 21.4. The molecule has 3 aromatic rings. The van der Waals surface area contributed by atoms with E-state index in [1.165, 1.54) is 0 Å². The molecule has 0 fully saturated rings. The average molecular weight is 403 g/mol. The van der Waals surface area contributed by atoms with Gasteiger partial charge in [-0.1, -0.05) is 30.3 Å². The lowest BCUT2D eigenvalue weighted by atomic mass is 9.92. The van der Waals surface area contributed by atoms with Crippen LogP contribution in [0.4, 0.5) is 0 Å². The average Bonchev–Trinajstić information content (AvgIpc) is 3.09. The monoisotopic (exact) mass is 403 g/mol. The molecule has 0 bridgehead atoms. The van der Waals surface area contributed by atoms with Crippen LogP contribution in [0.5, 0.6) is 5.75 Å². The Morgan fingerprint density at radius 2 is 1.87 bits per heavy atom. The molecular weight excluding hydrogens is 378 g/mol. The Balaban J connectivity index is 2.14. The molecule has 0 spiro atoms. The van der Waals surface area contributed by atoms with E-state index in [-0.39, 0.29) is 12.4 Å². The van der Waals surface area contributed by atoms with Crippen LogP contribution in [0.1, 0.15) is 45.8 Å². The van der Waals surface area contributed by atoms with Gasteiger partial charge in [0, 0.05) is 24.6 Å². The summed E-state index contributed by atoms with van der Waals surface area (Å²) in [6, 6.07) is 13.7. The molecule has 5 nitrogen and oxygen atoms in total. The molecule has 0 saturated carbocycles. The van der Waals surface area contributed by atoms with Gasteiger partial charge >= 0.3 is 5.97 Å². The minimum atomic E-state index is -0.414. The number of fused-ring (bicyclic) bond motifs is 3. The summed E-state index contributed by atoms with van der Waals surface area (Å²) in [7, 11) is 1.62. The van der Waals surface area contributed by atoms with Crippen LogP contribution < -0.4 is 4.74 Å². The number of Topliss-reactive ketones (excluding diaryl/α,β-unsaturated/α-hetero) is 1. The summed E-state index contributed by atoms with van der Waals surface area (Å²) >= 11 is 0. The van der Waals surface area contributed by atoms with E-state index < -0.39 is 5.97 Å². The lowest BCUT2D eigenvalue weighted by Gasteiger charge is -2.22. The number of nitrogens with zero attached hydrogens (tertiary/aromatic N) is 1. The summed E-state index contributed by atoms with van der Waals surface area (Å²) in [5.41, 5.74) is 6.29. The molecule has 1 aliphatic heterocycles. The maximum Gasteiger partial charge on any atom is 0.340 e. The van der Waals surface area contributed by atoms with Gasteiger partial charge in [0.1, 0.15) is 5.75 Å². The van der Waals surface area contributed by atoms with E-state index in [9.17, 15) is 9.59 Å². The van der Waals surface area contributed by atoms with Crippen molar-refractivity contribution in [2.75, 3.05) is 13.7 Å². The SMILES string of the molecule is CCOC(=O)c1c(-c2ccccc2C)c(C(C)=O)n2c1-c1cc(OC)ccc1CC2. The molecule has 154 valence electrons. The lowest BCUT2D eigenvalue weighted by molar-refractivity contribution is 0.0528. The van der Waals surface area contributed by atoms with Crippen molar-refractivity contribution >= 4 is 11.8 Å². The van der Waals surface area contributed by atoms with E-state index in [2.05, 4.69) is 0 Å². The van der Waals surface area contributed by atoms with Crippen molar-refractivity contribution in [1.29, 1.82) is 0 Å². The summed E-state index contributed by atoms with van der Waals surface area (Å²) in [6.45, 7) is 6.22. The zero-order valence-electron chi connectivity index (χ0n) is 17.7. The van der Waals surface area contributed by atoms with Gasteiger partial charge in [-0.3, -0.25) is 4.79 Å². The van der Waals surface area contributed by atoms with Crippen LogP contribution in [-0.4, -0.2) is 30.0 Å². The van der Waals surface area contributed by atoms with E-state index in [4.69, 9.17) is 9.47 Å². The highest BCUT2D eigenvalue weighted by molar-refractivity contribution is 6.12. The summed E-state index contributed by atoms with van der Waals surface area (Å²) in [5, 5.41) is 0. The van der Waals surface area contributed by atoms with E-state index in [1.807, 2.05) is 54.0 Å². The van der Waals surface area contributed by atoms with Gasteiger partial charge in [0.25, 0.3) is 0 Å². The molecule has 30 heavy (non-hydrogen) atoms. The Kier molecular flexibility index (Phi) is 5.20. The number of carbonyl (C=O) groups is 2. The van der Waals surface area contributed by atoms with Gasteiger partial charge in [-0.15, -0.1) is 0 Å². The molecule has 0 aliphatic carbocycles. The molecular formula is C25H25NO4. The number of carbonyl (C=O) groups excluding carboxylic acids is 2. The van der Waals surface area contributed by atoms with Gasteiger partial charge in [0.05, 0.1) is 30.7 Å². The van der Waals surface area contributed by atoms with Crippen LogP contribution in [0.25, 0.3) is 22.4 Å². The van der Waals surface area contributed by atoms with Gasteiger partial charge in [-0.2, -0.15) is 0 Å². The summed E-state index contributed by atoms with van der Waals surface area (Å²) in [6.07, 6.45) is 0.775. The highest BCUT2D eigenvalue weighted by atomic mass is 16.5. The van der Waals surface area contributed by atoms with E-state index in [1.54, 1.807) is 21.0 Å². The third kappa shape index (κ3) is 3.11. The van der Waals surface area contributed by atoms with Gasteiger partial charge in [0.15, 0.2) is 5.78 Å². The standard InChI is InChI=1S/C25H25NO4/c1-5-30-25(28)22-21(19-9-7-6-8-15(19)2)23(16(3)27)26-13-12-17-10-11-18(29-4)14-20(17)24(22)26/h6-11,14H,5,12-13H2,1-4H3. The Hall–Kier alpha value is -3.34. The molecule has 2 aromatic carbocycles. The Morgan fingerprint density at radius 3 is 2.53 bits per heavy atom. The number of rotatable bonds is 5. The number of methoxy groups -OCH3 is 1. The van der Waals surface area contributed by atoms with E-state index >= 15 is 0 Å². The number of hydrogen-bond acceptors (Lipinski definition) is 4. The number of benzene rings is 2. The van der Waals surface area contributed by atoms with Crippen LogP contribution >= 0.6 is 0 Å². The molecule has 0 radical (unpaired) electrons. The molecule has 0 amide bonds. The van der Waals surface area contributed by atoms with Gasteiger partial charge < -0.3 is 14.0 Å². The fourth-order valence-corrected chi connectivity index (χ4v) is 4.36. The fraction of sp³-hybridized carbons (Fsp3) is 0.280. The highest BCUT2D eigenvalue weighted by Crippen LogP contribution is 2.44. The Morgan fingerprint density at radius 1 is 1.10 bits per heavy atom. The first kappa shape index (κ1) is 20.0. The summed E-state index contributed by atoms with van der Waals surface area (Å²) < 4.78 is 12.9. The topological polar surface area (TPSA) is 57.5 Å². The molecule has 0 N–H and O–H groups in total. The minimum absolute atomic E-state index is 0.0728. The van der Waals surface area contributed by atoms with Gasteiger partial charge in [0.2, 0.25) is 0 Å². The van der Waals surface area contributed by atoms with Crippen molar-refractivity contribution in [2.45, 2.75) is 33.7 Å². The molecule has 0 unspecified atom stereocenters. The molecule has 0 saturated heterocycles. The van der Waals surface area contributed by atoms with E-state index in [0.29, 0.717) is 29.1 Å². The second-order valence-electron chi connectivity index (χ2n) is 7.46. The summed E-state index contributed by atoms with van der Waals surface area (Å²) in [4.78, 5) is 26.1. The quantitative estimate of drug-likeness (QED) is 0.441. The maximum atomic E-state index is 13.2. The zero-order valence-corrected chi connectivity index (χ0v) is 17.7. The first-order valence-corrected chi connectivity index (χ1v) is 10.2. The van der Waals surface area contributed by atoms with Crippen LogP contribution in [-0.2, 0) is 17.7 Å². The van der Waals surface area contributed by atoms with Crippen LogP contribution in [0, 0.1) is 6.92 Å². The normalized spacial score (nSPS) is 12.1. The molecule has 1 aromatic heterocycles. The maximum absolute atomic E-state index is 13.2. The van der Waals surface area contributed by atoms with Crippen LogP contribution in [0.2, 0.25) is 0 Å². The van der Waals surface area contributed by atoms with E-state index in [0.717, 1.165) is 34.4 Å². The molecule has 1 aliphatic rings. The van der Waals surface area contributed by atoms with Crippen molar-refractivity contribution < 1.29 is 19.1 Å². The number of hydrogen-bond donors (Lipinski definition) is 0. The Labute approximate surface area is 176 Å². The largest absolute Gasteiger partial charge is 0.497 e. The number of ether oxygens (including phenoxy) is 2. The Bertz CT molecular complexity index is 1160. The van der Waals surface area contributed by atoms with Crippen molar-refractivity contribution in [3.05, 3.63) is 64.8 Å². The van der Waals surface area contributed by atoms with Gasteiger partial charge in [-0.05, 0) is 49.1 Å². The van der Waals surface area contributed by atoms with Crippen molar-refractivity contribution in [1.82, 2.24) is 4.57 Å². The smallest absolute Gasteiger partial charge is 0.340 e. The third-order valence-electron chi connectivity index (χ3n) is 5.67. The predicted molar refractivity (Wildman–Crippen MR) is 116 cm³/mol. The first-order valence-electron chi connectivity index (χ1n) is 10.2. The predicted octanol–water partition coefficient (Wildman–Crippen LogP) is 5.07. The molecule has 0 atom stereocenters. The second kappa shape index (κ2) is 7.82. The third-order valence-corrected chi connectivity index (χ3v) is 5.67. The van der Waals surface area contributed by atoms with Gasteiger partial charge in [-0.25, -0.2) is 4.79 Å².